The number of hydrogen-bond donors (Lipinski definition) is 2. The third-order valence-corrected chi connectivity index (χ3v) is 4.04. The summed E-state index contributed by atoms with van der Waals surface area (Å²) in [6.07, 6.45) is 9.02. The lowest BCUT2D eigenvalue weighted by atomic mass is 10.1. The molecule has 2 aromatic rings. The summed E-state index contributed by atoms with van der Waals surface area (Å²) in [5.74, 6) is -0.672. The van der Waals surface area contributed by atoms with Gasteiger partial charge in [0.25, 0.3) is 0 Å². The Labute approximate surface area is 134 Å². The Balaban J connectivity index is 1.67. The molecule has 0 unspecified atom stereocenters. The maximum atomic E-state index is 13.2. The van der Waals surface area contributed by atoms with Crippen molar-refractivity contribution >= 4 is 17.5 Å². The minimum absolute atomic E-state index is 0.356. The van der Waals surface area contributed by atoms with Gasteiger partial charge in [0.05, 0.1) is 0 Å². The zero-order valence-corrected chi connectivity index (χ0v) is 12.9. The Hall–Kier alpha value is -2.24. The van der Waals surface area contributed by atoms with Crippen molar-refractivity contribution in [3.05, 3.63) is 42.1 Å². The second-order valence-corrected chi connectivity index (χ2v) is 5.85. The molecule has 1 aromatic heterocycles. The molecule has 0 bridgehead atoms. The number of hydrogen-bond acceptors (Lipinski definition) is 4. The molecule has 1 saturated carbocycles. The van der Waals surface area contributed by atoms with Gasteiger partial charge in [0.2, 0.25) is 5.95 Å². The molecule has 1 fully saturated rings. The molecule has 3 rings (SSSR count). The number of nitrogens with one attached hydrogen (secondary N) is 2. The van der Waals surface area contributed by atoms with Gasteiger partial charge in [-0.3, -0.25) is 0 Å². The van der Waals surface area contributed by atoms with Crippen molar-refractivity contribution in [1.29, 1.82) is 0 Å². The van der Waals surface area contributed by atoms with Crippen LogP contribution in [-0.2, 0) is 0 Å². The molecule has 6 heteroatoms. The number of anilines is 3. The molecule has 2 N–H and O–H groups in total. The monoisotopic (exact) mass is 318 g/mol. The van der Waals surface area contributed by atoms with Gasteiger partial charge in [-0.1, -0.05) is 25.7 Å². The molecular weight excluding hydrogens is 298 g/mol. The van der Waals surface area contributed by atoms with Gasteiger partial charge >= 0.3 is 0 Å². The van der Waals surface area contributed by atoms with E-state index in [1.807, 2.05) is 6.07 Å². The molecule has 122 valence electrons. The van der Waals surface area contributed by atoms with Crippen LogP contribution in [0.5, 0.6) is 0 Å². The fourth-order valence-electron chi connectivity index (χ4n) is 2.84. The van der Waals surface area contributed by atoms with Gasteiger partial charge in [-0.2, -0.15) is 4.98 Å². The summed E-state index contributed by atoms with van der Waals surface area (Å²) in [7, 11) is 0. The van der Waals surface area contributed by atoms with E-state index in [9.17, 15) is 8.78 Å². The van der Waals surface area contributed by atoms with Crippen molar-refractivity contribution in [2.75, 3.05) is 10.6 Å². The van der Waals surface area contributed by atoms with Crippen LogP contribution in [0.25, 0.3) is 0 Å². The number of halogens is 2. The molecule has 0 amide bonds. The van der Waals surface area contributed by atoms with E-state index in [-0.39, 0.29) is 0 Å². The maximum absolute atomic E-state index is 13.2. The highest BCUT2D eigenvalue weighted by atomic mass is 19.2. The number of rotatable bonds is 4. The molecule has 1 aliphatic rings. The van der Waals surface area contributed by atoms with Crippen LogP contribution in [-0.4, -0.2) is 16.0 Å². The summed E-state index contributed by atoms with van der Waals surface area (Å²) < 4.78 is 26.2. The number of aromatic nitrogens is 2. The maximum Gasteiger partial charge on any atom is 0.229 e. The van der Waals surface area contributed by atoms with Crippen LogP contribution in [0.15, 0.2) is 30.5 Å². The van der Waals surface area contributed by atoms with Gasteiger partial charge in [-0.05, 0) is 31.0 Å². The second kappa shape index (κ2) is 7.35. The fraction of sp³-hybridized carbons (Fsp3) is 0.412. The quantitative estimate of drug-likeness (QED) is 0.807. The standard InChI is InChI=1S/C17H20F2N4/c18-14-8-7-13(11-15(14)19)22-17-20-10-9-16(23-17)21-12-5-3-1-2-4-6-12/h7-12H,1-6H2,(H2,20,21,22,23). The lowest BCUT2D eigenvalue weighted by molar-refractivity contribution is 0.509. The molecule has 0 atom stereocenters. The van der Waals surface area contributed by atoms with E-state index in [2.05, 4.69) is 20.6 Å². The van der Waals surface area contributed by atoms with Crippen molar-refractivity contribution in [2.24, 2.45) is 0 Å². The second-order valence-electron chi connectivity index (χ2n) is 5.85. The van der Waals surface area contributed by atoms with Gasteiger partial charge in [0.15, 0.2) is 11.6 Å². The molecule has 0 spiro atoms. The molecule has 0 saturated heterocycles. The Morgan fingerprint density at radius 3 is 2.48 bits per heavy atom. The molecule has 4 nitrogen and oxygen atoms in total. The van der Waals surface area contributed by atoms with Crippen molar-refractivity contribution < 1.29 is 8.78 Å². The lowest BCUT2D eigenvalue weighted by Gasteiger charge is -2.17. The summed E-state index contributed by atoms with van der Waals surface area (Å²) in [5.41, 5.74) is 0.413. The highest BCUT2D eigenvalue weighted by Crippen LogP contribution is 2.21. The average Bonchev–Trinajstić information content (AvgIpc) is 2.80. The molecular formula is C17H20F2N4. The predicted molar refractivity (Wildman–Crippen MR) is 86.8 cm³/mol. The molecule has 0 aliphatic heterocycles. The summed E-state index contributed by atoms with van der Waals surface area (Å²) >= 11 is 0. The van der Waals surface area contributed by atoms with E-state index in [4.69, 9.17) is 0 Å². The Bertz CT molecular complexity index is 655. The smallest absolute Gasteiger partial charge is 0.229 e. The van der Waals surface area contributed by atoms with E-state index >= 15 is 0 Å². The van der Waals surface area contributed by atoms with Crippen LogP contribution < -0.4 is 10.6 Å². The van der Waals surface area contributed by atoms with E-state index in [0.717, 1.165) is 30.8 Å². The normalized spacial score (nSPS) is 15.9. The van der Waals surface area contributed by atoms with E-state index in [0.29, 0.717) is 17.7 Å². The first-order valence-corrected chi connectivity index (χ1v) is 8.02. The highest BCUT2D eigenvalue weighted by molar-refractivity contribution is 5.54. The van der Waals surface area contributed by atoms with E-state index in [1.165, 1.54) is 31.7 Å². The highest BCUT2D eigenvalue weighted by Gasteiger charge is 2.13. The Morgan fingerprint density at radius 1 is 0.957 bits per heavy atom. The topological polar surface area (TPSA) is 49.8 Å². The SMILES string of the molecule is Fc1ccc(Nc2nccc(NC3CCCCCC3)n2)cc1F. The minimum atomic E-state index is -0.900. The minimum Gasteiger partial charge on any atom is -0.367 e. The fourth-order valence-corrected chi connectivity index (χ4v) is 2.84. The molecule has 1 aliphatic carbocycles. The average molecular weight is 318 g/mol. The largest absolute Gasteiger partial charge is 0.367 e. The van der Waals surface area contributed by atoms with Crippen LogP contribution in [0.2, 0.25) is 0 Å². The van der Waals surface area contributed by atoms with Gasteiger partial charge in [-0.25, -0.2) is 13.8 Å². The summed E-state index contributed by atoms with van der Waals surface area (Å²) in [6, 6.07) is 5.87. The summed E-state index contributed by atoms with van der Waals surface area (Å²) in [6.45, 7) is 0. The number of benzene rings is 1. The summed E-state index contributed by atoms with van der Waals surface area (Å²) in [4.78, 5) is 8.52. The van der Waals surface area contributed by atoms with E-state index < -0.39 is 11.6 Å². The van der Waals surface area contributed by atoms with Gasteiger partial charge in [-0.15, -0.1) is 0 Å². The lowest BCUT2D eigenvalue weighted by Crippen LogP contribution is -2.19. The molecule has 1 heterocycles. The van der Waals surface area contributed by atoms with Crippen LogP contribution in [0.1, 0.15) is 38.5 Å². The van der Waals surface area contributed by atoms with Crippen LogP contribution in [0.4, 0.5) is 26.2 Å². The van der Waals surface area contributed by atoms with Crippen molar-refractivity contribution in [3.8, 4) is 0 Å². The third kappa shape index (κ3) is 4.37. The van der Waals surface area contributed by atoms with Gasteiger partial charge in [0.1, 0.15) is 5.82 Å². The van der Waals surface area contributed by atoms with Crippen molar-refractivity contribution in [2.45, 2.75) is 44.6 Å². The molecule has 23 heavy (non-hydrogen) atoms. The van der Waals surface area contributed by atoms with E-state index in [1.54, 1.807) is 6.20 Å². The van der Waals surface area contributed by atoms with Gasteiger partial charge in [0, 0.05) is 24.0 Å². The van der Waals surface area contributed by atoms with Crippen LogP contribution >= 0.6 is 0 Å². The molecule has 0 radical (unpaired) electrons. The Kier molecular flexibility index (Phi) is 5.00. The first-order chi connectivity index (χ1) is 11.2. The first-order valence-electron chi connectivity index (χ1n) is 8.02. The van der Waals surface area contributed by atoms with Crippen molar-refractivity contribution in [3.63, 3.8) is 0 Å². The zero-order valence-electron chi connectivity index (χ0n) is 12.9. The van der Waals surface area contributed by atoms with Crippen LogP contribution in [0, 0.1) is 11.6 Å². The van der Waals surface area contributed by atoms with Gasteiger partial charge < -0.3 is 10.6 Å². The zero-order chi connectivity index (χ0) is 16.1. The third-order valence-electron chi connectivity index (χ3n) is 4.04. The first kappa shape index (κ1) is 15.6. The van der Waals surface area contributed by atoms with Crippen molar-refractivity contribution in [1.82, 2.24) is 9.97 Å². The Morgan fingerprint density at radius 2 is 1.74 bits per heavy atom. The number of nitrogens with zero attached hydrogens (tertiary/aromatic N) is 2. The van der Waals surface area contributed by atoms with Crippen LogP contribution in [0.3, 0.4) is 0 Å². The summed E-state index contributed by atoms with van der Waals surface area (Å²) in [5, 5.41) is 6.34. The molecule has 1 aromatic carbocycles. The predicted octanol–water partition coefficient (Wildman–Crippen LogP) is 4.63.